The van der Waals surface area contributed by atoms with E-state index >= 15 is 0 Å². The normalized spacial score (nSPS) is 18.2. The van der Waals surface area contributed by atoms with Crippen LogP contribution in [0.15, 0.2) is 28.9 Å². The SMILES string of the molecule is CC(C)[C@H](CNC(=O)/C=C\c1ccco1)N1CCOCC1. The van der Waals surface area contributed by atoms with Crippen LogP contribution in [0.1, 0.15) is 19.6 Å². The van der Waals surface area contributed by atoms with E-state index in [0.29, 0.717) is 24.3 Å². The average molecular weight is 292 g/mol. The van der Waals surface area contributed by atoms with Gasteiger partial charge in [0.25, 0.3) is 0 Å². The number of furan rings is 1. The van der Waals surface area contributed by atoms with Crippen LogP contribution in [0.5, 0.6) is 0 Å². The van der Waals surface area contributed by atoms with Crippen LogP contribution in [0.4, 0.5) is 0 Å². The van der Waals surface area contributed by atoms with Crippen molar-refractivity contribution in [3.63, 3.8) is 0 Å². The fourth-order valence-corrected chi connectivity index (χ4v) is 2.50. The van der Waals surface area contributed by atoms with Gasteiger partial charge in [-0.2, -0.15) is 0 Å². The van der Waals surface area contributed by atoms with Gasteiger partial charge in [0.2, 0.25) is 5.91 Å². The van der Waals surface area contributed by atoms with Gasteiger partial charge >= 0.3 is 0 Å². The predicted molar refractivity (Wildman–Crippen MR) is 81.8 cm³/mol. The maximum Gasteiger partial charge on any atom is 0.244 e. The van der Waals surface area contributed by atoms with Gasteiger partial charge < -0.3 is 14.5 Å². The highest BCUT2D eigenvalue weighted by molar-refractivity contribution is 5.91. The minimum absolute atomic E-state index is 0.0923. The summed E-state index contributed by atoms with van der Waals surface area (Å²) in [5.41, 5.74) is 0. The van der Waals surface area contributed by atoms with Crippen LogP contribution in [-0.2, 0) is 9.53 Å². The summed E-state index contributed by atoms with van der Waals surface area (Å²) in [6.45, 7) is 8.43. The first-order valence-electron chi connectivity index (χ1n) is 7.48. The molecule has 2 rings (SSSR count). The minimum atomic E-state index is -0.0923. The molecule has 1 fully saturated rings. The van der Waals surface area contributed by atoms with Crippen molar-refractivity contribution in [1.82, 2.24) is 10.2 Å². The molecule has 0 unspecified atom stereocenters. The largest absolute Gasteiger partial charge is 0.465 e. The maximum absolute atomic E-state index is 11.9. The molecule has 1 N–H and O–H groups in total. The van der Waals surface area contributed by atoms with Gasteiger partial charge in [0.1, 0.15) is 5.76 Å². The third kappa shape index (κ3) is 5.02. The highest BCUT2D eigenvalue weighted by Crippen LogP contribution is 2.12. The monoisotopic (exact) mass is 292 g/mol. The molecule has 0 aliphatic carbocycles. The Kier molecular flexibility index (Phi) is 6.02. The third-order valence-corrected chi connectivity index (χ3v) is 3.71. The number of ether oxygens (including phenoxy) is 1. The first-order chi connectivity index (χ1) is 10.2. The van der Waals surface area contributed by atoms with Crippen molar-refractivity contribution in [2.75, 3.05) is 32.8 Å². The van der Waals surface area contributed by atoms with Crippen molar-refractivity contribution in [3.8, 4) is 0 Å². The lowest BCUT2D eigenvalue weighted by atomic mass is 10.0. The van der Waals surface area contributed by atoms with Crippen molar-refractivity contribution in [1.29, 1.82) is 0 Å². The number of nitrogens with one attached hydrogen (secondary N) is 1. The van der Waals surface area contributed by atoms with E-state index in [0.717, 1.165) is 26.3 Å². The fourth-order valence-electron chi connectivity index (χ4n) is 2.50. The summed E-state index contributed by atoms with van der Waals surface area (Å²) >= 11 is 0. The maximum atomic E-state index is 11.9. The summed E-state index contributed by atoms with van der Waals surface area (Å²) in [6.07, 6.45) is 4.77. The van der Waals surface area contributed by atoms with Crippen molar-refractivity contribution >= 4 is 12.0 Å². The molecule has 5 heteroatoms. The Hall–Kier alpha value is -1.59. The molecule has 1 saturated heterocycles. The zero-order chi connectivity index (χ0) is 15.1. The molecule has 1 atom stereocenters. The van der Waals surface area contributed by atoms with Crippen molar-refractivity contribution in [2.24, 2.45) is 5.92 Å². The lowest BCUT2D eigenvalue weighted by molar-refractivity contribution is -0.116. The first-order valence-corrected chi connectivity index (χ1v) is 7.48. The molecule has 0 radical (unpaired) electrons. The zero-order valence-corrected chi connectivity index (χ0v) is 12.7. The lowest BCUT2D eigenvalue weighted by Crippen LogP contribution is -2.51. The van der Waals surface area contributed by atoms with E-state index in [2.05, 4.69) is 24.1 Å². The van der Waals surface area contributed by atoms with Gasteiger partial charge in [-0.25, -0.2) is 0 Å². The standard InChI is InChI=1S/C16H24N2O3/c1-13(2)15(18-7-10-20-11-8-18)12-17-16(19)6-5-14-4-3-9-21-14/h3-6,9,13,15H,7-8,10-12H2,1-2H3,(H,17,19)/b6-5-/t15-/m0/s1. The topological polar surface area (TPSA) is 54.7 Å². The first kappa shape index (κ1) is 15.8. The molecule has 1 aromatic heterocycles. The highest BCUT2D eigenvalue weighted by atomic mass is 16.5. The quantitative estimate of drug-likeness (QED) is 0.812. The summed E-state index contributed by atoms with van der Waals surface area (Å²) in [6, 6.07) is 3.95. The van der Waals surface area contributed by atoms with Gasteiger partial charge in [-0.15, -0.1) is 0 Å². The zero-order valence-electron chi connectivity index (χ0n) is 12.7. The molecule has 0 spiro atoms. The molecule has 5 nitrogen and oxygen atoms in total. The molecule has 1 aromatic rings. The molecule has 21 heavy (non-hydrogen) atoms. The van der Waals surface area contributed by atoms with E-state index in [4.69, 9.17) is 9.15 Å². The number of morpholine rings is 1. The van der Waals surface area contributed by atoms with Crippen LogP contribution < -0.4 is 5.32 Å². The summed E-state index contributed by atoms with van der Waals surface area (Å²) in [4.78, 5) is 14.3. The van der Waals surface area contributed by atoms with Crippen LogP contribution >= 0.6 is 0 Å². The van der Waals surface area contributed by atoms with Gasteiger partial charge in [-0.3, -0.25) is 9.69 Å². The minimum Gasteiger partial charge on any atom is -0.465 e. The Bertz CT molecular complexity index is 448. The number of rotatable bonds is 6. The van der Waals surface area contributed by atoms with E-state index in [9.17, 15) is 4.79 Å². The Morgan fingerprint density at radius 1 is 1.43 bits per heavy atom. The van der Waals surface area contributed by atoms with E-state index in [1.165, 1.54) is 6.08 Å². The van der Waals surface area contributed by atoms with Crippen LogP contribution in [0, 0.1) is 5.92 Å². The molecule has 0 saturated carbocycles. The molecule has 1 amide bonds. The second-order valence-electron chi connectivity index (χ2n) is 5.55. The van der Waals surface area contributed by atoms with Gasteiger partial charge in [0.15, 0.2) is 0 Å². The average Bonchev–Trinajstić information content (AvgIpc) is 2.99. The molecular formula is C16H24N2O3. The van der Waals surface area contributed by atoms with Gasteiger partial charge in [-0.1, -0.05) is 13.8 Å². The number of carbonyl (C=O) groups excluding carboxylic acids is 1. The van der Waals surface area contributed by atoms with Crippen LogP contribution in [0.2, 0.25) is 0 Å². The van der Waals surface area contributed by atoms with Crippen LogP contribution in [-0.4, -0.2) is 49.7 Å². The molecule has 2 heterocycles. The number of hydrogen-bond donors (Lipinski definition) is 1. The van der Waals surface area contributed by atoms with E-state index < -0.39 is 0 Å². The fraction of sp³-hybridized carbons (Fsp3) is 0.562. The van der Waals surface area contributed by atoms with E-state index in [1.54, 1.807) is 18.4 Å². The molecule has 1 aliphatic rings. The van der Waals surface area contributed by atoms with Crippen LogP contribution in [0.25, 0.3) is 6.08 Å². The molecular weight excluding hydrogens is 268 g/mol. The molecule has 0 bridgehead atoms. The van der Waals surface area contributed by atoms with Gasteiger partial charge in [0.05, 0.1) is 19.5 Å². The lowest BCUT2D eigenvalue weighted by Gasteiger charge is -2.36. The van der Waals surface area contributed by atoms with Crippen molar-refractivity contribution in [2.45, 2.75) is 19.9 Å². The smallest absolute Gasteiger partial charge is 0.244 e. The van der Waals surface area contributed by atoms with E-state index in [1.807, 2.05) is 6.07 Å². The summed E-state index contributed by atoms with van der Waals surface area (Å²) in [5.74, 6) is 1.07. The molecule has 116 valence electrons. The molecule has 0 aromatic carbocycles. The van der Waals surface area contributed by atoms with Crippen molar-refractivity contribution < 1.29 is 13.9 Å². The van der Waals surface area contributed by atoms with E-state index in [-0.39, 0.29) is 5.91 Å². The summed E-state index contributed by atoms with van der Waals surface area (Å²) in [7, 11) is 0. The Labute approximate surface area is 125 Å². The summed E-state index contributed by atoms with van der Waals surface area (Å²) < 4.78 is 10.5. The van der Waals surface area contributed by atoms with Gasteiger partial charge in [0, 0.05) is 31.8 Å². The summed E-state index contributed by atoms with van der Waals surface area (Å²) in [5, 5.41) is 2.97. The van der Waals surface area contributed by atoms with Crippen molar-refractivity contribution in [3.05, 3.63) is 30.2 Å². The number of carbonyl (C=O) groups is 1. The Morgan fingerprint density at radius 3 is 2.81 bits per heavy atom. The predicted octanol–water partition coefficient (Wildman–Crippen LogP) is 1.77. The third-order valence-electron chi connectivity index (χ3n) is 3.71. The Morgan fingerprint density at radius 2 is 2.19 bits per heavy atom. The number of amides is 1. The van der Waals surface area contributed by atoms with Crippen LogP contribution in [0.3, 0.4) is 0 Å². The highest BCUT2D eigenvalue weighted by Gasteiger charge is 2.23. The number of hydrogen-bond acceptors (Lipinski definition) is 4. The Balaban J connectivity index is 1.82. The molecule has 1 aliphatic heterocycles. The second-order valence-corrected chi connectivity index (χ2v) is 5.55. The second kappa shape index (κ2) is 8.00. The van der Waals surface area contributed by atoms with Gasteiger partial charge in [-0.05, 0) is 24.1 Å². The number of nitrogens with zero attached hydrogens (tertiary/aromatic N) is 1.